The van der Waals surface area contributed by atoms with Gasteiger partial charge in [0.15, 0.2) is 5.13 Å². The average Bonchev–Trinajstić information content (AvgIpc) is 2.52. The summed E-state index contributed by atoms with van der Waals surface area (Å²) in [6.45, 7) is 4.69. The number of nitrogens with two attached hydrogens (primary N) is 1. The molecule has 1 heterocycles. The van der Waals surface area contributed by atoms with Crippen molar-refractivity contribution in [2.24, 2.45) is 5.73 Å². The van der Waals surface area contributed by atoms with Crippen LogP contribution in [0.15, 0.2) is 6.20 Å². The lowest BCUT2D eigenvalue weighted by molar-refractivity contribution is 0.254. The number of aryl methyl sites for hydroxylation is 1. The summed E-state index contributed by atoms with van der Waals surface area (Å²) in [7, 11) is 0. The largest absolute Gasteiger partial charge is 0.351 e. The van der Waals surface area contributed by atoms with Gasteiger partial charge in [-0.15, -0.1) is 11.3 Å². The quantitative estimate of drug-likeness (QED) is 0.833. The Balaban J connectivity index is 2.72. The first-order chi connectivity index (χ1) is 6.65. The van der Waals surface area contributed by atoms with Crippen molar-refractivity contribution in [2.75, 3.05) is 11.4 Å². The number of anilines is 1. The molecule has 2 amide bonds. The number of primary amides is 1. The molecule has 0 atom stereocenters. The Morgan fingerprint density at radius 3 is 2.86 bits per heavy atom. The van der Waals surface area contributed by atoms with Gasteiger partial charge in [-0.2, -0.15) is 0 Å². The predicted octanol–water partition coefficient (Wildman–Crippen LogP) is 2.14. The lowest BCUT2D eigenvalue weighted by atomic mass is 10.3. The topological polar surface area (TPSA) is 59.2 Å². The zero-order chi connectivity index (χ0) is 10.6. The summed E-state index contributed by atoms with van der Waals surface area (Å²) in [5.41, 5.74) is 5.27. The minimum Gasteiger partial charge on any atom is -0.351 e. The van der Waals surface area contributed by atoms with E-state index in [4.69, 9.17) is 5.73 Å². The number of unbranched alkanes of at least 4 members (excludes halogenated alkanes) is 1. The maximum Gasteiger partial charge on any atom is 0.321 e. The molecule has 1 rings (SSSR count). The molecule has 1 aromatic heterocycles. The van der Waals surface area contributed by atoms with Gasteiger partial charge in [-0.1, -0.05) is 13.3 Å². The average molecular weight is 213 g/mol. The molecule has 5 heteroatoms. The van der Waals surface area contributed by atoms with Crippen LogP contribution in [-0.2, 0) is 0 Å². The Morgan fingerprint density at radius 2 is 2.43 bits per heavy atom. The molecule has 78 valence electrons. The van der Waals surface area contributed by atoms with Crippen molar-refractivity contribution in [3.8, 4) is 0 Å². The third-order valence-corrected chi connectivity index (χ3v) is 2.78. The van der Waals surface area contributed by atoms with Gasteiger partial charge in [0, 0.05) is 17.6 Å². The summed E-state index contributed by atoms with van der Waals surface area (Å²) >= 11 is 1.49. The van der Waals surface area contributed by atoms with Crippen LogP contribution in [0.3, 0.4) is 0 Å². The van der Waals surface area contributed by atoms with Crippen LogP contribution in [0, 0.1) is 6.92 Å². The number of carbonyl (C=O) groups is 1. The fourth-order valence-corrected chi connectivity index (χ4v) is 1.87. The number of amides is 2. The van der Waals surface area contributed by atoms with E-state index < -0.39 is 6.03 Å². The number of thiazole rings is 1. The van der Waals surface area contributed by atoms with Gasteiger partial charge in [0.2, 0.25) is 0 Å². The third-order valence-electron chi connectivity index (χ3n) is 1.84. The Morgan fingerprint density at radius 1 is 1.71 bits per heavy atom. The van der Waals surface area contributed by atoms with Crippen LogP contribution in [-0.4, -0.2) is 17.6 Å². The van der Waals surface area contributed by atoms with Gasteiger partial charge >= 0.3 is 6.03 Å². The van der Waals surface area contributed by atoms with Crippen LogP contribution in [0.4, 0.5) is 9.93 Å². The van der Waals surface area contributed by atoms with Gasteiger partial charge in [-0.05, 0) is 13.3 Å². The van der Waals surface area contributed by atoms with Crippen LogP contribution in [0.2, 0.25) is 0 Å². The molecule has 0 saturated carbocycles. The number of nitrogens with zero attached hydrogens (tertiary/aromatic N) is 2. The molecule has 0 aliphatic rings. The first-order valence-electron chi connectivity index (χ1n) is 4.64. The van der Waals surface area contributed by atoms with Crippen LogP contribution in [0.5, 0.6) is 0 Å². The monoisotopic (exact) mass is 213 g/mol. The highest BCUT2D eigenvalue weighted by atomic mass is 32.1. The SMILES string of the molecule is CCCCN(C(N)=O)c1ncc(C)s1. The van der Waals surface area contributed by atoms with Gasteiger partial charge in [-0.25, -0.2) is 9.78 Å². The molecule has 0 unspecified atom stereocenters. The van der Waals surface area contributed by atoms with Crippen molar-refractivity contribution in [3.05, 3.63) is 11.1 Å². The summed E-state index contributed by atoms with van der Waals surface area (Å²) < 4.78 is 0. The summed E-state index contributed by atoms with van der Waals surface area (Å²) in [4.78, 5) is 17.9. The first kappa shape index (κ1) is 11.0. The molecular weight excluding hydrogens is 198 g/mol. The van der Waals surface area contributed by atoms with Gasteiger partial charge in [-0.3, -0.25) is 4.90 Å². The molecule has 2 N–H and O–H groups in total. The van der Waals surface area contributed by atoms with Gasteiger partial charge in [0.05, 0.1) is 0 Å². The number of carbonyl (C=O) groups excluding carboxylic acids is 1. The van der Waals surface area contributed by atoms with Crippen molar-refractivity contribution in [3.63, 3.8) is 0 Å². The Labute approximate surface area is 87.7 Å². The zero-order valence-corrected chi connectivity index (χ0v) is 9.30. The molecule has 0 saturated heterocycles. The van der Waals surface area contributed by atoms with E-state index in [-0.39, 0.29) is 0 Å². The molecule has 0 bridgehead atoms. The fourth-order valence-electron chi connectivity index (χ4n) is 1.08. The highest BCUT2D eigenvalue weighted by molar-refractivity contribution is 7.15. The van der Waals surface area contributed by atoms with Crippen molar-refractivity contribution in [2.45, 2.75) is 26.7 Å². The zero-order valence-electron chi connectivity index (χ0n) is 8.49. The molecule has 1 aromatic rings. The van der Waals surface area contributed by atoms with Gasteiger partial charge in [0.1, 0.15) is 0 Å². The van der Waals surface area contributed by atoms with E-state index in [1.54, 1.807) is 6.20 Å². The Hall–Kier alpha value is -1.10. The van der Waals surface area contributed by atoms with Gasteiger partial charge < -0.3 is 5.73 Å². The highest BCUT2D eigenvalue weighted by Crippen LogP contribution is 2.21. The Kier molecular flexibility index (Phi) is 3.88. The summed E-state index contributed by atoms with van der Waals surface area (Å²) in [6, 6.07) is -0.423. The normalized spacial score (nSPS) is 10.1. The molecule has 0 spiro atoms. The molecule has 0 radical (unpaired) electrons. The molecule has 4 nitrogen and oxygen atoms in total. The van der Waals surface area contributed by atoms with E-state index in [0.29, 0.717) is 11.7 Å². The molecule has 0 aliphatic carbocycles. The predicted molar refractivity (Wildman–Crippen MR) is 58.7 cm³/mol. The minimum absolute atomic E-state index is 0.423. The van der Waals surface area contributed by atoms with Crippen molar-refractivity contribution < 1.29 is 4.79 Å². The van der Waals surface area contributed by atoms with Crippen LogP contribution >= 0.6 is 11.3 Å². The van der Waals surface area contributed by atoms with Crippen LogP contribution < -0.4 is 10.6 Å². The standard InChI is InChI=1S/C9H15N3OS/c1-3-4-5-12(8(10)13)9-11-6-7(2)14-9/h6H,3-5H2,1-2H3,(H2,10,13). The van der Waals surface area contributed by atoms with Crippen LogP contribution in [0.25, 0.3) is 0 Å². The molecule has 0 aromatic carbocycles. The maximum atomic E-state index is 11.1. The lowest BCUT2D eigenvalue weighted by Gasteiger charge is -2.16. The summed E-state index contributed by atoms with van der Waals surface area (Å²) in [6.07, 6.45) is 3.73. The number of rotatable bonds is 4. The third kappa shape index (κ3) is 2.70. The summed E-state index contributed by atoms with van der Waals surface area (Å²) in [5.74, 6) is 0. The van der Waals surface area contributed by atoms with E-state index >= 15 is 0 Å². The van der Waals surface area contributed by atoms with Crippen LogP contribution in [0.1, 0.15) is 24.6 Å². The molecule has 14 heavy (non-hydrogen) atoms. The second-order valence-corrected chi connectivity index (χ2v) is 4.31. The van der Waals surface area contributed by atoms with E-state index in [9.17, 15) is 4.79 Å². The smallest absolute Gasteiger partial charge is 0.321 e. The number of hydrogen-bond acceptors (Lipinski definition) is 3. The molecule has 0 fully saturated rings. The Bertz CT molecular complexity index is 311. The number of urea groups is 1. The second-order valence-electron chi connectivity index (χ2n) is 3.10. The number of aromatic nitrogens is 1. The molecular formula is C9H15N3OS. The van der Waals surface area contributed by atoms with Crippen molar-refractivity contribution in [1.82, 2.24) is 4.98 Å². The van der Waals surface area contributed by atoms with Crippen molar-refractivity contribution >= 4 is 22.5 Å². The van der Waals surface area contributed by atoms with E-state index in [1.165, 1.54) is 16.2 Å². The summed E-state index contributed by atoms with van der Waals surface area (Å²) in [5, 5.41) is 0.698. The maximum absolute atomic E-state index is 11.1. The van der Waals surface area contributed by atoms with Gasteiger partial charge in [0.25, 0.3) is 0 Å². The lowest BCUT2D eigenvalue weighted by Crippen LogP contribution is -2.36. The number of hydrogen-bond donors (Lipinski definition) is 1. The van der Waals surface area contributed by atoms with Crippen molar-refractivity contribution in [1.29, 1.82) is 0 Å². The highest BCUT2D eigenvalue weighted by Gasteiger charge is 2.14. The second kappa shape index (κ2) is 4.95. The minimum atomic E-state index is -0.423. The van der Waals surface area contributed by atoms with E-state index in [1.807, 2.05) is 6.92 Å². The fraction of sp³-hybridized carbons (Fsp3) is 0.556. The van der Waals surface area contributed by atoms with E-state index in [0.717, 1.165) is 17.7 Å². The molecule has 0 aliphatic heterocycles. The van der Waals surface area contributed by atoms with E-state index in [2.05, 4.69) is 11.9 Å². The first-order valence-corrected chi connectivity index (χ1v) is 5.46.